The summed E-state index contributed by atoms with van der Waals surface area (Å²) >= 11 is 0. The average Bonchev–Trinajstić information content (AvgIpc) is 2.57. The van der Waals surface area contributed by atoms with Gasteiger partial charge in [-0.15, -0.1) is 0 Å². The minimum absolute atomic E-state index is 0.0716. The van der Waals surface area contributed by atoms with E-state index in [4.69, 9.17) is 20.1 Å². The third-order valence-electron chi connectivity index (χ3n) is 2.92. The molecule has 0 radical (unpaired) electrons. The molecule has 0 fully saturated rings. The van der Waals surface area contributed by atoms with E-state index < -0.39 is 43.9 Å². The maximum atomic E-state index is 11.6. The lowest BCUT2D eigenvalue weighted by molar-refractivity contribution is -0.124. The second-order valence-electron chi connectivity index (χ2n) is 4.72. The number of benzene rings is 1. The van der Waals surface area contributed by atoms with Gasteiger partial charge in [0.15, 0.2) is 0 Å². The Kier molecular flexibility index (Phi) is 7.30. The second-order valence-corrected chi connectivity index (χ2v) is 4.72. The van der Waals surface area contributed by atoms with Gasteiger partial charge in [0.05, 0.1) is 19.8 Å². The maximum Gasteiger partial charge on any atom is 0.407 e. The molecule has 5 N–H and O–H groups in total. The predicted molar refractivity (Wildman–Crippen MR) is 76.8 cm³/mol. The van der Waals surface area contributed by atoms with Crippen LogP contribution in [0.15, 0.2) is 30.3 Å². The summed E-state index contributed by atoms with van der Waals surface area (Å²) in [5.41, 5.74) is -0.714. The van der Waals surface area contributed by atoms with Crippen LogP contribution in [0.3, 0.4) is 0 Å². The van der Waals surface area contributed by atoms with E-state index in [2.05, 4.69) is 10.6 Å². The normalized spacial score (nSPS) is 10.9. The fraction of sp³-hybridized carbons (Fsp3) is 0.429. The Bertz CT molecular complexity index is 467. The lowest BCUT2D eigenvalue weighted by atomic mass is 10.0. The van der Waals surface area contributed by atoms with E-state index in [0.29, 0.717) is 0 Å². The van der Waals surface area contributed by atoms with Gasteiger partial charge in [0.1, 0.15) is 18.7 Å². The summed E-state index contributed by atoms with van der Waals surface area (Å²) in [6.07, 6.45) is -0.776. The van der Waals surface area contributed by atoms with E-state index in [1.54, 1.807) is 12.1 Å². The second kappa shape index (κ2) is 8.98. The van der Waals surface area contributed by atoms with Gasteiger partial charge in [-0.25, -0.2) is 4.79 Å². The molecule has 0 unspecified atom stereocenters. The van der Waals surface area contributed by atoms with Crippen molar-refractivity contribution in [1.29, 1.82) is 0 Å². The molecule has 0 spiro atoms. The van der Waals surface area contributed by atoms with Crippen molar-refractivity contribution in [1.82, 2.24) is 10.6 Å². The molecule has 122 valence electrons. The molecule has 0 heterocycles. The first-order valence-corrected chi connectivity index (χ1v) is 6.63. The molecular weight excluding hydrogens is 292 g/mol. The van der Waals surface area contributed by atoms with E-state index >= 15 is 0 Å². The Labute approximate surface area is 127 Å². The van der Waals surface area contributed by atoms with Crippen molar-refractivity contribution in [3.05, 3.63) is 35.9 Å². The van der Waals surface area contributed by atoms with Crippen LogP contribution in [0.2, 0.25) is 0 Å². The Morgan fingerprint density at radius 2 is 1.64 bits per heavy atom. The van der Waals surface area contributed by atoms with Crippen LogP contribution in [0.5, 0.6) is 0 Å². The molecule has 22 heavy (non-hydrogen) atoms. The summed E-state index contributed by atoms with van der Waals surface area (Å²) in [5, 5.41) is 31.7. The molecule has 0 aromatic heterocycles. The van der Waals surface area contributed by atoms with Crippen LogP contribution in [-0.2, 0) is 16.1 Å². The van der Waals surface area contributed by atoms with Gasteiger partial charge in [-0.05, 0) is 5.56 Å². The summed E-state index contributed by atoms with van der Waals surface area (Å²) in [6, 6.07) is 9.03. The van der Waals surface area contributed by atoms with Gasteiger partial charge in [-0.1, -0.05) is 30.3 Å². The average molecular weight is 312 g/mol. The Morgan fingerprint density at radius 3 is 2.18 bits per heavy atom. The molecule has 0 aliphatic rings. The van der Waals surface area contributed by atoms with Crippen molar-refractivity contribution in [3.8, 4) is 0 Å². The van der Waals surface area contributed by atoms with Gasteiger partial charge in [0, 0.05) is 0 Å². The monoisotopic (exact) mass is 312 g/mol. The highest BCUT2D eigenvalue weighted by atomic mass is 16.5. The Morgan fingerprint density at radius 1 is 1.05 bits per heavy atom. The van der Waals surface area contributed by atoms with Crippen molar-refractivity contribution in [3.63, 3.8) is 0 Å². The minimum Gasteiger partial charge on any atom is -0.445 e. The smallest absolute Gasteiger partial charge is 0.407 e. The minimum atomic E-state index is -1.52. The highest BCUT2D eigenvalue weighted by molar-refractivity contribution is 5.82. The summed E-state index contributed by atoms with van der Waals surface area (Å²) in [5.74, 6) is -0.672. The third-order valence-corrected chi connectivity index (χ3v) is 2.92. The number of hydrogen-bond acceptors (Lipinski definition) is 6. The van der Waals surface area contributed by atoms with E-state index in [1.165, 1.54) is 0 Å². The van der Waals surface area contributed by atoms with Crippen LogP contribution >= 0.6 is 0 Å². The largest absolute Gasteiger partial charge is 0.445 e. The standard InChI is InChI=1S/C14H20N2O6/c17-8-14(9-18,10-19)16-12(20)6-15-13(21)22-7-11-4-2-1-3-5-11/h1-5,17-19H,6-10H2,(H,15,21)(H,16,20). The van der Waals surface area contributed by atoms with Crippen molar-refractivity contribution in [2.24, 2.45) is 0 Å². The highest BCUT2D eigenvalue weighted by Gasteiger charge is 2.29. The number of amides is 2. The summed E-state index contributed by atoms with van der Waals surface area (Å²) in [6.45, 7) is -2.24. The molecule has 0 aliphatic carbocycles. The number of rotatable bonds is 8. The summed E-state index contributed by atoms with van der Waals surface area (Å²) in [7, 11) is 0. The molecule has 0 aliphatic heterocycles. The molecule has 0 saturated carbocycles. The Balaban J connectivity index is 2.33. The number of carbonyl (C=O) groups excluding carboxylic acids is 2. The van der Waals surface area contributed by atoms with Crippen LogP contribution in [0.4, 0.5) is 4.79 Å². The van der Waals surface area contributed by atoms with Crippen molar-refractivity contribution < 1.29 is 29.6 Å². The molecule has 8 nitrogen and oxygen atoms in total. The molecular formula is C14H20N2O6. The summed E-state index contributed by atoms with van der Waals surface area (Å²) in [4.78, 5) is 23.0. The maximum absolute atomic E-state index is 11.6. The van der Waals surface area contributed by atoms with Crippen LogP contribution in [-0.4, -0.2) is 59.2 Å². The molecule has 1 aromatic carbocycles. The number of nitrogens with one attached hydrogen (secondary N) is 2. The zero-order valence-corrected chi connectivity index (χ0v) is 12.0. The summed E-state index contributed by atoms with van der Waals surface area (Å²) < 4.78 is 4.91. The van der Waals surface area contributed by atoms with Crippen LogP contribution < -0.4 is 10.6 Å². The van der Waals surface area contributed by atoms with Gasteiger partial charge < -0.3 is 30.7 Å². The van der Waals surface area contributed by atoms with E-state index in [9.17, 15) is 9.59 Å². The first-order valence-electron chi connectivity index (χ1n) is 6.63. The van der Waals surface area contributed by atoms with Crippen LogP contribution in [0.25, 0.3) is 0 Å². The topological polar surface area (TPSA) is 128 Å². The van der Waals surface area contributed by atoms with Gasteiger partial charge >= 0.3 is 6.09 Å². The van der Waals surface area contributed by atoms with Crippen molar-refractivity contribution >= 4 is 12.0 Å². The molecule has 8 heteroatoms. The highest BCUT2D eigenvalue weighted by Crippen LogP contribution is 2.01. The number of aliphatic hydroxyl groups is 3. The van der Waals surface area contributed by atoms with Gasteiger partial charge in [0.2, 0.25) is 5.91 Å². The zero-order chi connectivity index (χ0) is 16.4. The fourth-order valence-corrected chi connectivity index (χ4v) is 1.54. The number of aliphatic hydroxyl groups excluding tert-OH is 3. The zero-order valence-electron chi connectivity index (χ0n) is 12.0. The molecule has 1 aromatic rings. The number of carbonyl (C=O) groups is 2. The first-order chi connectivity index (χ1) is 10.5. The number of ether oxygens (including phenoxy) is 1. The first kappa shape index (κ1) is 17.9. The van der Waals surface area contributed by atoms with Gasteiger partial charge in [-0.3, -0.25) is 4.79 Å². The molecule has 2 amide bonds. The van der Waals surface area contributed by atoms with Gasteiger partial charge in [0.25, 0.3) is 0 Å². The molecule has 0 bridgehead atoms. The van der Waals surface area contributed by atoms with Crippen molar-refractivity contribution in [2.45, 2.75) is 12.1 Å². The SMILES string of the molecule is O=C(CNC(=O)OCc1ccccc1)NC(CO)(CO)CO. The Hall–Kier alpha value is -2.16. The van der Waals surface area contributed by atoms with Gasteiger partial charge in [-0.2, -0.15) is 0 Å². The van der Waals surface area contributed by atoms with E-state index in [0.717, 1.165) is 5.56 Å². The lowest BCUT2D eigenvalue weighted by Crippen LogP contribution is -2.58. The lowest BCUT2D eigenvalue weighted by Gasteiger charge is -2.28. The number of alkyl carbamates (subject to hydrolysis) is 1. The fourth-order valence-electron chi connectivity index (χ4n) is 1.54. The van der Waals surface area contributed by atoms with Crippen LogP contribution in [0, 0.1) is 0 Å². The van der Waals surface area contributed by atoms with E-state index in [1.807, 2.05) is 18.2 Å². The quantitative estimate of drug-likeness (QED) is 0.408. The predicted octanol–water partition coefficient (Wildman–Crippen LogP) is -1.26. The molecule has 0 saturated heterocycles. The van der Waals surface area contributed by atoms with Crippen LogP contribution in [0.1, 0.15) is 5.56 Å². The molecule has 0 atom stereocenters. The third kappa shape index (κ3) is 5.68. The van der Waals surface area contributed by atoms with E-state index in [-0.39, 0.29) is 6.61 Å². The van der Waals surface area contributed by atoms with Crippen molar-refractivity contribution in [2.75, 3.05) is 26.4 Å². The number of hydrogen-bond donors (Lipinski definition) is 5. The molecule has 1 rings (SSSR count).